The van der Waals surface area contributed by atoms with Crippen molar-refractivity contribution in [3.8, 4) is 0 Å². The largest absolute Gasteiger partial charge is 0.393 e. The van der Waals surface area contributed by atoms with Gasteiger partial charge in [0.1, 0.15) is 5.69 Å². The molecule has 1 saturated heterocycles. The van der Waals surface area contributed by atoms with E-state index in [0.717, 1.165) is 31.6 Å². The van der Waals surface area contributed by atoms with E-state index in [1.54, 1.807) is 13.0 Å². The van der Waals surface area contributed by atoms with E-state index >= 15 is 0 Å². The van der Waals surface area contributed by atoms with Crippen LogP contribution in [0.2, 0.25) is 0 Å². The van der Waals surface area contributed by atoms with Gasteiger partial charge in [-0.25, -0.2) is 0 Å². The molecular weight excluding hydrogens is 272 g/mol. The molecular formula is C14H20N4O3. The zero-order chi connectivity index (χ0) is 15.4. The normalized spacial score (nSPS) is 16.5. The van der Waals surface area contributed by atoms with Gasteiger partial charge in [-0.2, -0.15) is 0 Å². The first-order valence-corrected chi connectivity index (χ1v) is 6.98. The molecule has 2 N–H and O–H groups in total. The molecule has 1 aromatic carbocycles. The smallest absolute Gasteiger partial charge is 0.292 e. The molecule has 21 heavy (non-hydrogen) atoms. The summed E-state index contributed by atoms with van der Waals surface area (Å²) in [6, 6.07) is 4.92. The SMILES string of the molecule is CC(=O)N1CCCN(Cc2ccc(N)c([N+](=O)[O-])c2)CC1. The molecule has 0 unspecified atom stereocenters. The van der Waals surface area contributed by atoms with Gasteiger partial charge in [-0.3, -0.25) is 19.8 Å². The molecule has 2 rings (SSSR count). The first-order valence-electron chi connectivity index (χ1n) is 6.98. The Hall–Kier alpha value is -2.15. The van der Waals surface area contributed by atoms with E-state index < -0.39 is 4.92 Å². The highest BCUT2D eigenvalue weighted by atomic mass is 16.6. The van der Waals surface area contributed by atoms with Gasteiger partial charge >= 0.3 is 0 Å². The highest BCUT2D eigenvalue weighted by molar-refractivity contribution is 5.73. The lowest BCUT2D eigenvalue weighted by Crippen LogP contribution is -2.33. The van der Waals surface area contributed by atoms with E-state index in [1.165, 1.54) is 6.07 Å². The first-order chi connectivity index (χ1) is 9.97. The van der Waals surface area contributed by atoms with Crippen LogP contribution in [0.1, 0.15) is 18.9 Å². The van der Waals surface area contributed by atoms with E-state index in [-0.39, 0.29) is 17.3 Å². The number of carbonyl (C=O) groups is 1. The van der Waals surface area contributed by atoms with Gasteiger partial charge < -0.3 is 10.6 Å². The van der Waals surface area contributed by atoms with Gasteiger partial charge in [-0.15, -0.1) is 0 Å². The predicted octanol–water partition coefficient (Wildman–Crippen LogP) is 1.23. The number of hydrogen-bond donors (Lipinski definition) is 1. The molecule has 1 heterocycles. The summed E-state index contributed by atoms with van der Waals surface area (Å²) in [7, 11) is 0. The summed E-state index contributed by atoms with van der Waals surface area (Å²) in [5.74, 6) is 0.0972. The van der Waals surface area contributed by atoms with Crippen molar-refractivity contribution >= 4 is 17.3 Å². The van der Waals surface area contributed by atoms with Crippen LogP contribution in [-0.2, 0) is 11.3 Å². The van der Waals surface area contributed by atoms with Crippen LogP contribution in [0.5, 0.6) is 0 Å². The molecule has 114 valence electrons. The van der Waals surface area contributed by atoms with Gasteiger partial charge in [0.25, 0.3) is 5.69 Å². The molecule has 0 bridgehead atoms. The maximum absolute atomic E-state index is 11.4. The summed E-state index contributed by atoms with van der Waals surface area (Å²) in [4.78, 5) is 25.9. The molecule has 7 heteroatoms. The van der Waals surface area contributed by atoms with Crippen LogP contribution in [0.4, 0.5) is 11.4 Å². The summed E-state index contributed by atoms with van der Waals surface area (Å²) < 4.78 is 0. The number of hydrogen-bond acceptors (Lipinski definition) is 5. The molecule has 1 aliphatic heterocycles. The van der Waals surface area contributed by atoms with Crippen molar-refractivity contribution in [2.24, 2.45) is 0 Å². The summed E-state index contributed by atoms with van der Waals surface area (Å²) in [6.45, 7) is 5.34. The average Bonchev–Trinajstić information content (AvgIpc) is 2.66. The molecule has 0 aliphatic carbocycles. The summed E-state index contributed by atoms with van der Waals surface area (Å²) >= 11 is 0. The summed E-state index contributed by atoms with van der Waals surface area (Å²) in [6.07, 6.45) is 0.913. The fourth-order valence-corrected chi connectivity index (χ4v) is 2.55. The lowest BCUT2D eigenvalue weighted by atomic mass is 10.1. The highest BCUT2D eigenvalue weighted by Crippen LogP contribution is 2.23. The number of carbonyl (C=O) groups excluding carboxylic acids is 1. The third-order valence-corrected chi connectivity index (χ3v) is 3.73. The van der Waals surface area contributed by atoms with Crippen LogP contribution in [0.25, 0.3) is 0 Å². The van der Waals surface area contributed by atoms with Gasteiger partial charge in [-0.05, 0) is 18.1 Å². The third kappa shape index (κ3) is 3.91. The fourth-order valence-electron chi connectivity index (χ4n) is 2.55. The number of benzene rings is 1. The Balaban J connectivity index is 2.03. The second kappa shape index (κ2) is 6.53. The fraction of sp³-hybridized carbons (Fsp3) is 0.500. The van der Waals surface area contributed by atoms with Crippen molar-refractivity contribution in [1.29, 1.82) is 0 Å². The lowest BCUT2D eigenvalue weighted by Gasteiger charge is -2.21. The number of nitro benzene ring substituents is 1. The minimum absolute atomic E-state index is 0.0484. The maximum atomic E-state index is 11.4. The van der Waals surface area contributed by atoms with Gasteiger partial charge in [-0.1, -0.05) is 6.07 Å². The van der Waals surface area contributed by atoms with Crippen LogP contribution in [-0.4, -0.2) is 46.8 Å². The first kappa shape index (κ1) is 15.2. The molecule has 0 aromatic heterocycles. The molecule has 1 amide bonds. The Morgan fingerprint density at radius 2 is 2.10 bits per heavy atom. The quantitative estimate of drug-likeness (QED) is 0.514. The van der Waals surface area contributed by atoms with Crippen LogP contribution in [0.15, 0.2) is 18.2 Å². The van der Waals surface area contributed by atoms with Gasteiger partial charge in [0.05, 0.1) is 4.92 Å². The molecule has 0 saturated carbocycles. The van der Waals surface area contributed by atoms with Crippen molar-refractivity contribution in [2.45, 2.75) is 19.9 Å². The van der Waals surface area contributed by atoms with Crippen LogP contribution >= 0.6 is 0 Å². The Bertz CT molecular complexity index is 547. The van der Waals surface area contributed by atoms with E-state index in [9.17, 15) is 14.9 Å². The molecule has 0 atom stereocenters. The average molecular weight is 292 g/mol. The number of nitrogens with two attached hydrogens (primary N) is 1. The number of nitrogens with zero attached hydrogens (tertiary/aromatic N) is 3. The van der Waals surface area contributed by atoms with Gasteiger partial charge in [0.2, 0.25) is 5.91 Å². The van der Waals surface area contributed by atoms with E-state index in [4.69, 9.17) is 5.73 Å². The van der Waals surface area contributed by atoms with E-state index in [0.29, 0.717) is 13.1 Å². The predicted molar refractivity (Wildman–Crippen MR) is 79.7 cm³/mol. The highest BCUT2D eigenvalue weighted by Gasteiger charge is 2.18. The molecule has 7 nitrogen and oxygen atoms in total. The van der Waals surface area contributed by atoms with Crippen LogP contribution in [0.3, 0.4) is 0 Å². The number of nitro groups is 1. The number of rotatable bonds is 3. The number of nitrogen functional groups attached to an aromatic ring is 1. The topological polar surface area (TPSA) is 92.7 Å². The van der Waals surface area contributed by atoms with Crippen LogP contribution in [0, 0.1) is 10.1 Å². The molecule has 1 fully saturated rings. The zero-order valence-electron chi connectivity index (χ0n) is 12.1. The van der Waals surface area contributed by atoms with Crippen molar-refractivity contribution in [3.63, 3.8) is 0 Å². The minimum Gasteiger partial charge on any atom is -0.393 e. The van der Waals surface area contributed by atoms with Crippen molar-refractivity contribution in [2.75, 3.05) is 31.9 Å². The van der Waals surface area contributed by atoms with Crippen molar-refractivity contribution in [3.05, 3.63) is 33.9 Å². The third-order valence-electron chi connectivity index (χ3n) is 3.73. The second-order valence-corrected chi connectivity index (χ2v) is 5.29. The van der Waals surface area contributed by atoms with E-state index in [1.807, 2.05) is 11.0 Å². The Morgan fingerprint density at radius 3 is 2.76 bits per heavy atom. The summed E-state index contributed by atoms with van der Waals surface area (Å²) in [5, 5.41) is 10.9. The van der Waals surface area contributed by atoms with Crippen molar-refractivity contribution in [1.82, 2.24) is 9.80 Å². The van der Waals surface area contributed by atoms with Crippen molar-refractivity contribution < 1.29 is 9.72 Å². The van der Waals surface area contributed by atoms with Gasteiger partial charge in [0.15, 0.2) is 0 Å². The van der Waals surface area contributed by atoms with Crippen LogP contribution < -0.4 is 5.73 Å². The molecule has 1 aliphatic rings. The zero-order valence-corrected chi connectivity index (χ0v) is 12.1. The lowest BCUT2D eigenvalue weighted by molar-refractivity contribution is -0.384. The Labute approximate surface area is 123 Å². The second-order valence-electron chi connectivity index (χ2n) is 5.29. The molecule has 0 radical (unpaired) electrons. The summed E-state index contributed by atoms with van der Waals surface area (Å²) in [5.41, 5.74) is 6.60. The maximum Gasteiger partial charge on any atom is 0.292 e. The number of amides is 1. The number of anilines is 1. The monoisotopic (exact) mass is 292 g/mol. The molecule has 0 spiro atoms. The van der Waals surface area contributed by atoms with Gasteiger partial charge in [0, 0.05) is 45.7 Å². The van der Waals surface area contributed by atoms with E-state index in [2.05, 4.69) is 4.90 Å². The standard InChI is InChI=1S/C14H20N4O3/c1-11(19)17-6-2-5-16(7-8-17)10-12-3-4-13(15)14(9-12)18(20)21/h3-4,9H,2,5-8,10,15H2,1H3. The Morgan fingerprint density at radius 1 is 1.33 bits per heavy atom. The molecule has 1 aromatic rings. The Kier molecular flexibility index (Phi) is 4.74. The minimum atomic E-state index is -0.460.